The highest BCUT2D eigenvalue weighted by molar-refractivity contribution is 5.81. The number of nitrogens with zero attached hydrogens (tertiary/aromatic N) is 3. The molecule has 0 spiro atoms. The number of terminal acetylenes is 1. The van der Waals surface area contributed by atoms with Crippen LogP contribution in [0.5, 0.6) is 0 Å². The van der Waals surface area contributed by atoms with Crippen LogP contribution in [0, 0.1) is 12.3 Å². The topological polar surface area (TPSA) is 66.3 Å². The summed E-state index contributed by atoms with van der Waals surface area (Å²) in [5.41, 5.74) is 0.892. The summed E-state index contributed by atoms with van der Waals surface area (Å²) in [7, 11) is 0. The van der Waals surface area contributed by atoms with E-state index in [0.717, 1.165) is 19.5 Å². The number of hydrogen-bond donors (Lipinski definition) is 1. The first-order valence-electron chi connectivity index (χ1n) is 8.74. The van der Waals surface area contributed by atoms with Gasteiger partial charge in [-0.05, 0) is 5.56 Å². The molecule has 2 aliphatic rings. The van der Waals surface area contributed by atoms with Crippen molar-refractivity contribution < 1.29 is 9.53 Å². The molecule has 25 heavy (non-hydrogen) atoms. The number of morpholine rings is 1. The number of rotatable bonds is 8. The van der Waals surface area contributed by atoms with E-state index in [1.54, 1.807) is 0 Å². The van der Waals surface area contributed by atoms with Gasteiger partial charge < -0.3 is 10.1 Å². The monoisotopic (exact) mass is 340 g/mol. The molecule has 1 saturated heterocycles. The molecule has 3 rings (SSSR count). The minimum absolute atomic E-state index is 0.0643. The van der Waals surface area contributed by atoms with Crippen molar-refractivity contribution in [1.29, 1.82) is 0 Å². The average Bonchev–Trinajstić information content (AvgIpc) is 3.41. The highest BCUT2D eigenvalue weighted by Gasteiger charge is 2.39. The molecule has 1 aromatic carbocycles. The fourth-order valence-electron chi connectivity index (χ4n) is 3.01. The van der Waals surface area contributed by atoms with Gasteiger partial charge in [0, 0.05) is 45.4 Å². The molecule has 0 aromatic heterocycles. The summed E-state index contributed by atoms with van der Waals surface area (Å²) in [5.74, 6) is 2.54. The number of benzene rings is 1. The normalized spacial score (nSPS) is 21.5. The van der Waals surface area contributed by atoms with Gasteiger partial charge in [0.25, 0.3) is 0 Å². The number of nitrogens with one attached hydrogen (secondary N) is 1. The van der Waals surface area contributed by atoms with E-state index < -0.39 is 6.10 Å². The summed E-state index contributed by atoms with van der Waals surface area (Å²) in [6.07, 6.45) is 6.96. The maximum atomic E-state index is 12.4. The first-order chi connectivity index (χ1) is 12.2. The molecule has 0 saturated carbocycles. The van der Waals surface area contributed by atoms with Crippen LogP contribution in [0.1, 0.15) is 24.8 Å². The lowest BCUT2D eigenvalue weighted by Crippen LogP contribution is -2.49. The number of carbonyl (C=O) groups is 1. The van der Waals surface area contributed by atoms with Gasteiger partial charge in [-0.3, -0.25) is 9.69 Å². The van der Waals surface area contributed by atoms with Crippen LogP contribution in [-0.2, 0) is 16.1 Å². The first-order valence-corrected chi connectivity index (χ1v) is 8.74. The van der Waals surface area contributed by atoms with E-state index >= 15 is 0 Å². The third kappa shape index (κ3) is 5.12. The van der Waals surface area contributed by atoms with Crippen molar-refractivity contribution in [2.45, 2.75) is 37.6 Å². The Labute approximate surface area is 148 Å². The van der Waals surface area contributed by atoms with Crippen molar-refractivity contribution >= 4 is 5.91 Å². The Balaban J connectivity index is 1.40. The zero-order valence-corrected chi connectivity index (χ0v) is 14.4. The molecule has 0 radical (unpaired) electrons. The molecule has 1 aromatic rings. The van der Waals surface area contributed by atoms with E-state index in [4.69, 9.17) is 11.2 Å². The van der Waals surface area contributed by atoms with E-state index in [1.807, 2.05) is 18.2 Å². The van der Waals surface area contributed by atoms with Crippen LogP contribution in [0.25, 0.3) is 0 Å². The van der Waals surface area contributed by atoms with Crippen molar-refractivity contribution in [3.63, 3.8) is 0 Å². The van der Waals surface area contributed by atoms with Crippen molar-refractivity contribution in [2.75, 3.05) is 26.2 Å². The zero-order chi connectivity index (χ0) is 17.5. The second-order valence-corrected chi connectivity index (χ2v) is 6.51. The SMILES string of the molecule is C#CCCC1(CCNC(=O)C2CN(Cc3ccccc3)CCO2)N=N1. The second kappa shape index (κ2) is 8.24. The Morgan fingerprint density at radius 1 is 1.36 bits per heavy atom. The fourth-order valence-corrected chi connectivity index (χ4v) is 3.01. The van der Waals surface area contributed by atoms with Gasteiger partial charge in [-0.15, -0.1) is 12.3 Å². The lowest BCUT2D eigenvalue weighted by atomic mass is 10.0. The minimum atomic E-state index is -0.424. The molecule has 0 bridgehead atoms. The highest BCUT2D eigenvalue weighted by Crippen LogP contribution is 2.36. The third-order valence-electron chi connectivity index (χ3n) is 4.57. The number of carbonyl (C=O) groups excluding carboxylic acids is 1. The van der Waals surface area contributed by atoms with Crippen molar-refractivity contribution in [3.05, 3.63) is 35.9 Å². The summed E-state index contributed by atoms with van der Waals surface area (Å²) in [6.45, 7) is 3.39. The van der Waals surface area contributed by atoms with E-state index in [0.29, 0.717) is 32.5 Å². The second-order valence-electron chi connectivity index (χ2n) is 6.51. The van der Waals surface area contributed by atoms with Gasteiger partial charge in [-0.25, -0.2) is 0 Å². The molecule has 1 fully saturated rings. The molecule has 1 unspecified atom stereocenters. The molecule has 1 atom stereocenters. The summed E-state index contributed by atoms with van der Waals surface area (Å²) < 4.78 is 5.64. The standard InChI is InChI=1S/C19H24N4O2/c1-2-3-9-19(21-22-19)10-11-20-18(24)17-15-23(12-13-25-17)14-16-7-5-4-6-8-16/h1,4-8,17H,3,9-15H2,(H,20,24). The smallest absolute Gasteiger partial charge is 0.250 e. The lowest BCUT2D eigenvalue weighted by molar-refractivity contribution is -0.138. The van der Waals surface area contributed by atoms with E-state index in [1.165, 1.54) is 5.56 Å². The Morgan fingerprint density at radius 2 is 2.16 bits per heavy atom. The van der Waals surface area contributed by atoms with Gasteiger partial charge in [-0.1, -0.05) is 30.3 Å². The van der Waals surface area contributed by atoms with Crippen LogP contribution in [-0.4, -0.2) is 48.8 Å². The number of hydrogen-bond acceptors (Lipinski definition) is 5. The van der Waals surface area contributed by atoms with E-state index in [2.05, 4.69) is 38.5 Å². The van der Waals surface area contributed by atoms with Crippen molar-refractivity contribution in [2.24, 2.45) is 10.2 Å². The molecule has 2 heterocycles. The lowest BCUT2D eigenvalue weighted by Gasteiger charge is -2.32. The average molecular weight is 340 g/mol. The molecule has 2 aliphatic heterocycles. The number of ether oxygens (including phenoxy) is 1. The van der Waals surface area contributed by atoms with Crippen LogP contribution in [0.3, 0.4) is 0 Å². The Hall–Kier alpha value is -2.23. The zero-order valence-electron chi connectivity index (χ0n) is 14.4. The van der Waals surface area contributed by atoms with Gasteiger partial charge >= 0.3 is 0 Å². The molecule has 6 heteroatoms. The molecule has 1 N–H and O–H groups in total. The van der Waals surface area contributed by atoms with Crippen LogP contribution in [0.4, 0.5) is 0 Å². The van der Waals surface area contributed by atoms with Gasteiger partial charge in [-0.2, -0.15) is 10.2 Å². The minimum Gasteiger partial charge on any atom is -0.366 e. The van der Waals surface area contributed by atoms with Gasteiger partial charge in [0.05, 0.1) is 6.61 Å². The Kier molecular flexibility index (Phi) is 5.79. The largest absolute Gasteiger partial charge is 0.366 e. The maximum Gasteiger partial charge on any atom is 0.250 e. The van der Waals surface area contributed by atoms with E-state index in [-0.39, 0.29) is 11.6 Å². The van der Waals surface area contributed by atoms with Crippen molar-refractivity contribution in [3.8, 4) is 12.3 Å². The summed E-state index contributed by atoms with van der Waals surface area (Å²) in [6, 6.07) is 10.3. The maximum absolute atomic E-state index is 12.4. The predicted octanol–water partition coefficient (Wildman–Crippen LogP) is 1.97. The predicted molar refractivity (Wildman–Crippen MR) is 94.7 cm³/mol. The fraction of sp³-hybridized carbons (Fsp3) is 0.526. The molecule has 0 aliphatic carbocycles. The van der Waals surface area contributed by atoms with Crippen LogP contribution in [0.15, 0.2) is 40.6 Å². The van der Waals surface area contributed by atoms with Gasteiger partial charge in [0.15, 0.2) is 5.66 Å². The van der Waals surface area contributed by atoms with Crippen LogP contribution in [0.2, 0.25) is 0 Å². The quantitative estimate of drug-likeness (QED) is 0.736. The molecule has 1 amide bonds. The molecular formula is C19H24N4O2. The highest BCUT2D eigenvalue weighted by atomic mass is 16.5. The molecule has 6 nitrogen and oxygen atoms in total. The van der Waals surface area contributed by atoms with Crippen LogP contribution < -0.4 is 5.32 Å². The third-order valence-corrected chi connectivity index (χ3v) is 4.57. The summed E-state index contributed by atoms with van der Waals surface area (Å²) in [5, 5.41) is 11.1. The molecule has 132 valence electrons. The van der Waals surface area contributed by atoms with Gasteiger partial charge in [0.2, 0.25) is 5.91 Å². The Bertz CT molecular complexity index is 647. The Morgan fingerprint density at radius 3 is 2.88 bits per heavy atom. The van der Waals surface area contributed by atoms with Gasteiger partial charge in [0.1, 0.15) is 6.10 Å². The first kappa shape index (κ1) is 17.6. The van der Waals surface area contributed by atoms with Crippen LogP contribution >= 0.6 is 0 Å². The number of amides is 1. The summed E-state index contributed by atoms with van der Waals surface area (Å²) >= 11 is 0. The molecular weight excluding hydrogens is 316 g/mol. The van der Waals surface area contributed by atoms with Crippen molar-refractivity contribution in [1.82, 2.24) is 10.2 Å². The summed E-state index contributed by atoms with van der Waals surface area (Å²) in [4.78, 5) is 14.6. The van der Waals surface area contributed by atoms with E-state index in [9.17, 15) is 4.79 Å².